The number of anilines is 1. The lowest BCUT2D eigenvalue weighted by Gasteiger charge is -2.06. The van der Waals surface area contributed by atoms with Crippen LogP contribution < -0.4 is 10.6 Å². The van der Waals surface area contributed by atoms with Crippen molar-refractivity contribution in [2.45, 2.75) is 19.9 Å². The van der Waals surface area contributed by atoms with E-state index >= 15 is 0 Å². The molecule has 7 heteroatoms. The second-order valence-electron chi connectivity index (χ2n) is 5.29. The summed E-state index contributed by atoms with van der Waals surface area (Å²) in [5.74, 6) is 0.0317. The van der Waals surface area contributed by atoms with Crippen LogP contribution in [0.5, 0.6) is 0 Å². The number of aryl methyl sites for hydroxylation is 2. The zero-order chi connectivity index (χ0) is 16.1. The van der Waals surface area contributed by atoms with Gasteiger partial charge in [0.25, 0.3) is 0 Å². The van der Waals surface area contributed by atoms with Gasteiger partial charge in [0.2, 0.25) is 5.91 Å². The predicted octanol–water partition coefficient (Wildman–Crippen LogP) is 2.42. The number of carbonyl (C=O) groups is 1. The van der Waals surface area contributed by atoms with Gasteiger partial charge >= 0.3 is 0 Å². The van der Waals surface area contributed by atoms with Gasteiger partial charge in [-0.05, 0) is 24.6 Å². The summed E-state index contributed by atoms with van der Waals surface area (Å²) < 4.78 is 2.95. The van der Waals surface area contributed by atoms with Gasteiger partial charge in [-0.3, -0.25) is 9.48 Å². The Morgan fingerprint density at radius 2 is 2.17 bits per heavy atom. The van der Waals surface area contributed by atoms with Crippen LogP contribution in [-0.4, -0.2) is 33.8 Å². The molecule has 0 aliphatic rings. The summed E-state index contributed by atoms with van der Waals surface area (Å²) in [4.78, 5) is 16.3. The highest BCUT2D eigenvalue weighted by Crippen LogP contribution is 2.24. The van der Waals surface area contributed by atoms with Crippen LogP contribution in [0.3, 0.4) is 0 Å². The van der Waals surface area contributed by atoms with Gasteiger partial charge in [0.15, 0.2) is 5.13 Å². The third kappa shape index (κ3) is 4.29. The first-order valence-corrected chi connectivity index (χ1v) is 8.37. The standard InChI is InChI=1S/C16H19N5OS/c1-12-10-19-21(11-12)9-6-15(22)17-7-8-18-16-20-13-4-2-3-5-14(13)23-16/h2-5,10-11H,6-9H2,1H3,(H,17,22)(H,18,20). The summed E-state index contributed by atoms with van der Waals surface area (Å²) in [5, 5.41) is 11.2. The van der Waals surface area contributed by atoms with Crippen LogP contribution in [0.1, 0.15) is 12.0 Å². The monoisotopic (exact) mass is 329 g/mol. The highest BCUT2D eigenvalue weighted by Gasteiger charge is 2.04. The molecule has 1 aromatic carbocycles. The largest absolute Gasteiger partial charge is 0.360 e. The minimum absolute atomic E-state index is 0.0317. The van der Waals surface area contributed by atoms with Crippen molar-refractivity contribution in [1.82, 2.24) is 20.1 Å². The lowest BCUT2D eigenvalue weighted by atomic mass is 10.3. The lowest BCUT2D eigenvalue weighted by Crippen LogP contribution is -2.29. The van der Waals surface area contributed by atoms with E-state index in [2.05, 4.69) is 26.8 Å². The Bertz CT molecular complexity index is 761. The molecule has 3 aromatic rings. The third-order valence-electron chi connectivity index (χ3n) is 3.35. The molecule has 23 heavy (non-hydrogen) atoms. The van der Waals surface area contributed by atoms with E-state index in [-0.39, 0.29) is 5.91 Å². The maximum Gasteiger partial charge on any atom is 0.221 e. The molecule has 6 nitrogen and oxygen atoms in total. The number of nitrogens with zero attached hydrogens (tertiary/aromatic N) is 3. The number of para-hydroxylation sites is 1. The number of hydrogen-bond donors (Lipinski definition) is 2. The van der Waals surface area contributed by atoms with Crippen LogP contribution >= 0.6 is 11.3 Å². The van der Waals surface area contributed by atoms with Gasteiger partial charge in [-0.15, -0.1) is 0 Å². The van der Waals surface area contributed by atoms with E-state index in [4.69, 9.17) is 0 Å². The van der Waals surface area contributed by atoms with Crippen molar-refractivity contribution < 1.29 is 4.79 Å². The number of rotatable bonds is 7. The fourth-order valence-electron chi connectivity index (χ4n) is 2.21. The molecule has 0 saturated carbocycles. The molecule has 0 bridgehead atoms. The van der Waals surface area contributed by atoms with E-state index in [1.54, 1.807) is 22.2 Å². The molecule has 2 heterocycles. The number of carbonyl (C=O) groups excluding carboxylic acids is 1. The van der Waals surface area contributed by atoms with E-state index in [0.29, 0.717) is 26.1 Å². The lowest BCUT2D eigenvalue weighted by molar-refractivity contribution is -0.121. The summed E-state index contributed by atoms with van der Waals surface area (Å²) in [6, 6.07) is 8.03. The summed E-state index contributed by atoms with van der Waals surface area (Å²) in [6.45, 7) is 3.82. The van der Waals surface area contributed by atoms with Crippen molar-refractivity contribution in [3.63, 3.8) is 0 Å². The van der Waals surface area contributed by atoms with E-state index in [9.17, 15) is 4.79 Å². The Kier molecular flexibility index (Phi) is 4.87. The number of benzene rings is 1. The first kappa shape index (κ1) is 15.5. The quantitative estimate of drug-likeness (QED) is 0.653. The van der Waals surface area contributed by atoms with Crippen molar-refractivity contribution in [1.29, 1.82) is 0 Å². The summed E-state index contributed by atoms with van der Waals surface area (Å²) >= 11 is 1.62. The molecule has 0 radical (unpaired) electrons. The first-order valence-electron chi connectivity index (χ1n) is 7.56. The summed E-state index contributed by atoms with van der Waals surface area (Å²) in [6.07, 6.45) is 4.16. The Hall–Kier alpha value is -2.41. The molecule has 0 atom stereocenters. The average molecular weight is 329 g/mol. The zero-order valence-corrected chi connectivity index (χ0v) is 13.8. The van der Waals surface area contributed by atoms with E-state index in [1.165, 1.54) is 0 Å². The fraction of sp³-hybridized carbons (Fsp3) is 0.312. The maximum absolute atomic E-state index is 11.8. The van der Waals surface area contributed by atoms with E-state index in [0.717, 1.165) is 20.9 Å². The highest BCUT2D eigenvalue weighted by atomic mass is 32.1. The highest BCUT2D eigenvalue weighted by molar-refractivity contribution is 7.22. The molecule has 2 aromatic heterocycles. The van der Waals surface area contributed by atoms with Crippen LogP contribution in [-0.2, 0) is 11.3 Å². The van der Waals surface area contributed by atoms with Crippen LogP contribution in [0.4, 0.5) is 5.13 Å². The molecule has 0 fully saturated rings. The summed E-state index contributed by atoms with van der Waals surface area (Å²) in [7, 11) is 0. The number of amides is 1. The predicted molar refractivity (Wildman–Crippen MR) is 92.7 cm³/mol. The van der Waals surface area contributed by atoms with Gasteiger partial charge in [-0.2, -0.15) is 5.10 Å². The summed E-state index contributed by atoms with van der Waals surface area (Å²) in [5.41, 5.74) is 2.10. The van der Waals surface area contributed by atoms with Gasteiger partial charge in [-0.25, -0.2) is 4.98 Å². The van der Waals surface area contributed by atoms with Crippen molar-refractivity contribution in [3.8, 4) is 0 Å². The molecule has 3 rings (SSSR count). The van der Waals surface area contributed by atoms with Gasteiger partial charge in [0.1, 0.15) is 0 Å². The molecule has 0 aliphatic heterocycles. The number of hydrogen-bond acceptors (Lipinski definition) is 5. The average Bonchev–Trinajstić information content (AvgIpc) is 3.15. The Morgan fingerprint density at radius 3 is 2.96 bits per heavy atom. The molecular weight excluding hydrogens is 310 g/mol. The normalized spacial score (nSPS) is 10.8. The molecule has 120 valence electrons. The van der Waals surface area contributed by atoms with Crippen LogP contribution in [0.2, 0.25) is 0 Å². The van der Waals surface area contributed by atoms with Gasteiger partial charge in [0.05, 0.1) is 16.4 Å². The Balaban J connectivity index is 1.36. The minimum atomic E-state index is 0.0317. The SMILES string of the molecule is Cc1cnn(CCC(=O)NCCNc2nc3ccccc3s2)c1. The smallest absolute Gasteiger partial charge is 0.221 e. The molecule has 0 saturated heterocycles. The maximum atomic E-state index is 11.8. The van der Waals surface area contributed by atoms with Crippen LogP contribution in [0, 0.1) is 6.92 Å². The van der Waals surface area contributed by atoms with E-state index < -0.39 is 0 Å². The second kappa shape index (κ2) is 7.23. The molecule has 2 N–H and O–H groups in total. The topological polar surface area (TPSA) is 71.8 Å². The second-order valence-corrected chi connectivity index (χ2v) is 6.32. The van der Waals surface area contributed by atoms with Crippen molar-refractivity contribution in [2.75, 3.05) is 18.4 Å². The Morgan fingerprint density at radius 1 is 1.30 bits per heavy atom. The first-order chi connectivity index (χ1) is 11.2. The van der Waals surface area contributed by atoms with E-state index in [1.807, 2.05) is 31.3 Å². The molecule has 0 unspecified atom stereocenters. The van der Waals surface area contributed by atoms with Gasteiger partial charge in [-0.1, -0.05) is 23.5 Å². The van der Waals surface area contributed by atoms with Crippen molar-refractivity contribution in [2.24, 2.45) is 0 Å². The minimum Gasteiger partial charge on any atom is -0.360 e. The zero-order valence-electron chi connectivity index (χ0n) is 13.0. The Labute approximate surface area is 138 Å². The van der Waals surface area contributed by atoms with Crippen LogP contribution in [0.25, 0.3) is 10.2 Å². The number of nitrogens with one attached hydrogen (secondary N) is 2. The molecular formula is C16H19N5OS. The third-order valence-corrected chi connectivity index (χ3v) is 4.34. The number of thiazole rings is 1. The number of aromatic nitrogens is 3. The number of fused-ring (bicyclic) bond motifs is 1. The van der Waals surface area contributed by atoms with Crippen molar-refractivity contribution >= 4 is 32.6 Å². The molecule has 1 amide bonds. The molecule has 0 spiro atoms. The molecule has 0 aliphatic carbocycles. The van der Waals surface area contributed by atoms with Gasteiger partial charge in [0, 0.05) is 32.3 Å². The van der Waals surface area contributed by atoms with Gasteiger partial charge < -0.3 is 10.6 Å². The van der Waals surface area contributed by atoms with Crippen LogP contribution in [0.15, 0.2) is 36.7 Å². The fourth-order valence-corrected chi connectivity index (χ4v) is 3.10. The van der Waals surface area contributed by atoms with Crippen molar-refractivity contribution in [3.05, 3.63) is 42.2 Å².